The standard InChI is InChI=1S/C18H30N2O2S/c1-7-14(2)12-20(6)17(21)19-16-10-8-9-15(11-16)13-23(22)18(3,4)5/h8-11,14H,7,12-13H2,1-6H3,(H,19,21). The van der Waals surface area contributed by atoms with Crippen molar-refractivity contribution in [1.82, 2.24) is 4.90 Å². The van der Waals surface area contributed by atoms with E-state index >= 15 is 0 Å². The number of benzene rings is 1. The largest absolute Gasteiger partial charge is 0.327 e. The first-order valence-electron chi connectivity index (χ1n) is 8.13. The monoisotopic (exact) mass is 338 g/mol. The van der Waals surface area contributed by atoms with Crippen LogP contribution in [0.2, 0.25) is 0 Å². The lowest BCUT2D eigenvalue weighted by Gasteiger charge is -2.21. The van der Waals surface area contributed by atoms with Crippen molar-refractivity contribution in [2.24, 2.45) is 5.92 Å². The molecule has 0 aliphatic rings. The minimum Gasteiger partial charge on any atom is -0.327 e. The summed E-state index contributed by atoms with van der Waals surface area (Å²) < 4.78 is 12.0. The van der Waals surface area contributed by atoms with Gasteiger partial charge in [-0.05, 0) is 44.4 Å². The molecule has 0 spiro atoms. The molecule has 23 heavy (non-hydrogen) atoms. The second-order valence-electron chi connectivity index (χ2n) is 7.13. The third-order valence-corrected chi connectivity index (χ3v) is 5.75. The third kappa shape index (κ3) is 6.73. The zero-order chi connectivity index (χ0) is 17.6. The van der Waals surface area contributed by atoms with Crippen LogP contribution >= 0.6 is 0 Å². The number of hydrogen-bond acceptors (Lipinski definition) is 2. The van der Waals surface area contributed by atoms with Gasteiger partial charge in [0.15, 0.2) is 0 Å². The summed E-state index contributed by atoms with van der Waals surface area (Å²) in [6.45, 7) is 10.9. The van der Waals surface area contributed by atoms with Gasteiger partial charge in [-0.15, -0.1) is 0 Å². The van der Waals surface area contributed by atoms with Gasteiger partial charge < -0.3 is 10.2 Å². The molecule has 0 heterocycles. The number of amides is 2. The van der Waals surface area contributed by atoms with E-state index in [0.29, 0.717) is 11.7 Å². The van der Waals surface area contributed by atoms with Crippen LogP contribution in [-0.2, 0) is 16.6 Å². The maximum absolute atomic E-state index is 12.2. The Kier molecular flexibility index (Phi) is 7.26. The van der Waals surface area contributed by atoms with E-state index in [-0.39, 0.29) is 10.8 Å². The molecule has 2 atom stereocenters. The lowest BCUT2D eigenvalue weighted by atomic mass is 10.1. The number of carbonyl (C=O) groups excluding carboxylic acids is 1. The summed E-state index contributed by atoms with van der Waals surface area (Å²) in [5.74, 6) is 0.974. The summed E-state index contributed by atoms with van der Waals surface area (Å²) in [5.41, 5.74) is 1.72. The van der Waals surface area contributed by atoms with Gasteiger partial charge >= 0.3 is 6.03 Å². The molecule has 0 aliphatic carbocycles. The van der Waals surface area contributed by atoms with Gasteiger partial charge in [-0.1, -0.05) is 32.4 Å². The third-order valence-electron chi connectivity index (χ3n) is 3.79. The van der Waals surface area contributed by atoms with E-state index in [1.54, 1.807) is 11.9 Å². The zero-order valence-electron chi connectivity index (χ0n) is 15.2. The van der Waals surface area contributed by atoms with Gasteiger partial charge in [-0.3, -0.25) is 4.21 Å². The SMILES string of the molecule is CCC(C)CN(C)C(=O)Nc1cccc(CS(=O)C(C)(C)C)c1. The maximum Gasteiger partial charge on any atom is 0.321 e. The predicted molar refractivity (Wildman–Crippen MR) is 99.1 cm³/mol. The number of urea groups is 1. The van der Waals surface area contributed by atoms with Crippen LogP contribution in [0.25, 0.3) is 0 Å². The fourth-order valence-electron chi connectivity index (χ4n) is 2.01. The highest BCUT2D eigenvalue weighted by Gasteiger charge is 2.19. The zero-order valence-corrected chi connectivity index (χ0v) is 16.0. The molecule has 0 aromatic heterocycles. The lowest BCUT2D eigenvalue weighted by molar-refractivity contribution is 0.215. The Morgan fingerprint density at radius 3 is 2.57 bits per heavy atom. The molecule has 0 saturated carbocycles. The predicted octanol–water partition coefficient (Wildman–Crippen LogP) is 4.24. The molecule has 0 fully saturated rings. The first kappa shape index (κ1) is 19.7. The van der Waals surface area contributed by atoms with E-state index < -0.39 is 10.8 Å². The Hall–Kier alpha value is -1.36. The van der Waals surface area contributed by atoms with Crippen LogP contribution in [0.5, 0.6) is 0 Å². The van der Waals surface area contributed by atoms with Crippen LogP contribution in [0, 0.1) is 5.92 Å². The highest BCUT2D eigenvalue weighted by molar-refractivity contribution is 7.85. The van der Waals surface area contributed by atoms with Crippen molar-refractivity contribution in [1.29, 1.82) is 0 Å². The Labute approximate surface area is 143 Å². The minimum atomic E-state index is -0.950. The van der Waals surface area contributed by atoms with Crippen molar-refractivity contribution in [3.8, 4) is 0 Å². The Balaban J connectivity index is 2.70. The summed E-state index contributed by atoms with van der Waals surface area (Å²) in [5, 5.41) is 2.91. The molecule has 0 aliphatic heterocycles. The van der Waals surface area contributed by atoms with Crippen LogP contribution < -0.4 is 5.32 Å². The van der Waals surface area contributed by atoms with E-state index in [4.69, 9.17) is 0 Å². The Morgan fingerprint density at radius 2 is 2.00 bits per heavy atom. The molecular weight excluding hydrogens is 308 g/mol. The molecule has 1 rings (SSSR count). The van der Waals surface area contributed by atoms with E-state index in [1.165, 1.54) is 0 Å². The van der Waals surface area contributed by atoms with E-state index in [9.17, 15) is 9.00 Å². The molecule has 0 saturated heterocycles. The first-order valence-corrected chi connectivity index (χ1v) is 9.45. The second-order valence-corrected chi connectivity index (χ2v) is 9.33. The summed E-state index contributed by atoms with van der Waals surface area (Å²) in [7, 11) is 0.855. The van der Waals surface area contributed by atoms with Gasteiger partial charge in [-0.25, -0.2) is 4.79 Å². The number of anilines is 1. The van der Waals surface area contributed by atoms with Crippen molar-refractivity contribution < 1.29 is 9.00 Å². The van der Waals surface area contributed by atoms with E-state index in [2.05, 4.69) is 19.2 Å². The molecule has 5 heteroatoms. The average molecular weight is 339 g/mol. The number of nitrogens with one attached hydrogen (secondary N) is 1. The van der Waals surface area contributed by atoms with Gasteiger partial charge in [-0.2, -0.15) is 0 Å². The molecule has 1 N–H and O–H groups in total. The minimum absolute atomic E-state index is 0.112. The normalized spacial score (nSPS) is 14.2. The number of rotatable bonds is 6. The van der Waals surface area contributed by atoms with Crippen molar-refractivity contribution in [2.45, 2.75) is 51.5 Å². The van der Waals surface area contributed by atoms with Crippen molar-refractivity contribution in [3.63, 3.8) is 0 Å². The van der Waals surface area contributed by atoms with Gasteiger partial charge in [0.1, 0.15) is 0 Å². The smallest absolute Gasteiger partial charge is 0.321 e. The molecule has 2 amide bonds. The molecule has 0 radical (unpaired) electrons. The number of carbonyl (C=O) groups is 1. The lowest BCUT2D eigenvalue weighted by Crippen LogP contribution is -2.34. The number of hydrogen-bond donors (Lipinski definition) is 1. The Bertz CT molecular complexity index is 552. The van der Waals surface area contributed by atoms with Crippen LogP contribution in [0.1, 0.15) is 46.6 Å². The van der Waals surface area contributed by atoms with Crippen LogP contribution in [0.15, 0.2) is 24.3 Å². The first-order chi connectivity index (χ1) is 10.6. The van der Waals surface area contributed by atoms with E-state index in [1.807, 2.05) is 45.0 Å². The van der Waals surface area contributed by atoms with Gasteiger partial charge in [0.25, 0.3) is 0 Å². The van der Waals surface area contributed by atoms with Gasteiger partial charge in [0.05, 0.1) is 0 Å². The fraction of sp³-hybridized carbons (Fsp3) is 0.611. The highest BCUT2D eigenvalue weighted by Crippen LogP contribution is 2.19. The highest BCUT2D eigenvalue weighted by atomic mass is 32.2. The summed E-state index contributed by atoms with van der Waals surface area (Å²) in [6, 6.07) is 7.48. The van der Waals surface area contributed by atoms with Gasteiger partial charge in [0.2, 0.25) is 0 Å². The van der Waals surface area contributed by atoms with Crippen molar-refractivity contribution in [3.05, 3.63) is 29.8 Å². The van der Waals surface area contributed by atoms with Gasteiger partial charge in [0, 0.05) is 40.6 Å². The van der Waals surface area contributed by atoms with E-state index in [0.717, 1.165) is 24.2 Å². The number of nitrogens with zero attached hydrogens (tertiary/aromatic N) is 1. The maximum atomic E-state index is 12.2. The molecule has 1 aromatic rings. The summed E-state index contributed by atoms with van der Waals surface area (Å²) in [6.07, 6.45) is 1.05. The molecule has 130 valence electrons. The Morgan fingerprint density at radius 1 is 1.35 bits per heavy atom. The van der Waals surface area contributed by atoms with Crippen LogP contribution in [0.3, 0.4) is 0 Å². The molecular formula is C18H30N2O2S. The molecule has 0 bridgehead atoms. The second kappa shape index (κ2) is 8.48. The summed E-state index contributed by atoms with van der Waals surface area (Å²) in [4.78, 5) is 13.9. The summed E-state index contributed by atoms with van der Waals surface area (Å²) >= 11 is 0. The topological polar surface area (TPSA) is 49.4 Å². The fourth-order valence-corrected chi connectivity index (χ4v) is 2.92. The molecule has 1 aromatic carbocycles. The van der Waals surface area contributed by atoms with Crippen molar-refractivity contribution in [2.75, 3.05) is 18.9 Å². The van der Waals surface area contributed by atoms with Crippen molar-refractivity contribution >= 4 is 22.5 Å². The van der Waals surface area contributed by atoms with Crippen LogP contribution in [-0.4, -0.2) is 33.5 Å². The quantitative estimate of drug-likeness (QED) is 0.843. The average Bonchev–Trinajstić information content (AvgIpc) is 2.46. The van der Waals surface area contributed by atoms with Crippen LogP contribution in [0.4, 0.5) is 10.5 Å². The molecule has 4 nitrogen and oxygen atoms in total. The molecule has 2 unspecified atom stereocenters.